The van der Waals surface area contributed by atoms with E-state index in [2.05, 4.69) is 40.4 Å². The molecule has 0 aliphatic carbocycles. The molecule has 2 heterocycles. The van der Waals surface area contributed by atoms with Gasteiger partial charge in [0.25, 0.3) is 0 Å². The number of piperidine rings is 1. The van der Waals surface area contributed by atoms with Crippen molar-refractivity contribution in [2.75, 3.05) is 13.1 Å². The average molecular weight is 243 g/mol. The molecule has 1 aliphatic rings. The Morgan fingerprint density at radius 3 is 3.17 bits per heavy atom. The molecule has 1 aliphatic heterocycles. The molecule has 0 bridgehead atoms. The zero-order chi connectivity index (χ0) is 12.4. The molecule has 18 heavy (non-hydrogen) atoms. The molecule has 0 saturated carbocycles. The lowest BCUT2D eigenvalue weighted by atomic mass is 9.95. The fourth-order valence-electron chi connectivity index (χ4n) is 2.81. The second-order valence-corrected chi connectivity index (χ2v) is 5.46. The van der Waals surface area contributed by atoms with Crippen molar-refractivity contribution in [3.05, 3.63) is 29.6 Å². The second kappa shape index (κ2) is 5.11. The summed E-state index contributed by atoms with van der Waals surface area (Å²) in [5.41, 5.74) is 3.55. The molecule has 1 aromatic heterocycles. The minimum atomic E-state index is 0.827. The molecule has 1 atom stereocenters. The van der Waals surface area contributed by atoms with E-state index in [1.807, 2.05) is 0 Å². The minimum absolute atomic E-state index is 0.827. The summed E-state index contributed by atoms with van der Waals surface area (Å²) in [5.74, 6) is 1.97. The van der Waals surface area contributed by atoms with Crippen LogP contribution in [0.1, 0.15) is 30.7 Å². The smallest absolute Gasteiger partial charge is 0.107 e. The lowest BCUT2D eigenvalue weighted by molar-refractivity contribution is 0.356. The average Bonchev–Trinajstić information content (AvgIpc) is 2.79. The molecular weight excluding hydrogens is 222 g/mol. The molecule has 3 nitrogen and oxygen atoms in total. The Morgan fingerprint density at radius 2 is 2.33 bits per heavy atom. The molecule has 3 heteroatoms. The van der Waals surface area contributed by atoms with Crippen molar-refractivity contribution in [3.8, 4) is 0 Å². The van der Waals surface area contributed by atoms with E-state index in [9.17, 15) is 0 Å². The highest BCUT2D eigenvalue weighted by Gasteiger charge is 2.13. The first kappa shape index (κ1) is 11.7. The Hall–Kier alpha value is -1.35. The zero-order valence-electron chi connectivity index (χ0n) is 11.0. The van der Waals surface area contributed by atoms with Crippen molar-refractivity contribution in [3.63, 3.8) is 0 Å². The standard InChI is InChI=1S/C15H21N3/c1-11-4-6-13-14(9-11)18-15(17-13)7-5-12-3-2-8-16-10-12/h4,6,9,12,16H,2-3,5,7-8,10H2,1H3,(H,17,18). The lowest BCUT2D eigenvalue weighted by Crippen LogP contribution is -2.29. The molecule has 0 spiro atoms. The summed E-state index contributed by atoms with van der Waals surface area (Å²) in [7, 11) is 0. The Balaban J connectivity index is 1.67. The highest BCUT2D eigenvalue weighted by Crippen LogP contribution is 2.18. The quantitative estimate of drug-likeness (QED) is 0.870. The zero-order valence-corrected chi connectivity index (χ0v) is 11.0. The predicted octanol–water partition coefficient (Wildman–Crippen LogP) is 2.80. The molecule has 1 aromatic carbocycles. The van der Waals surface area contributed by atoms with E-state index < -0.39 is 0 Å². The molecule has 1 saturated heterocycles. The first-order valence-electron chi connectivity index (χ1n) is 6.97. The number of imidazole rings is 1. The van der Waals surface area contributed by atoms with Gasteiger partial charge in [0, 0.05) is 6.42 Å². The van der Waals surface area contributed by atoms with Crippen LogP contribution in [-0.4, -0.2) is 23.1 Å². The summed E-state index contributed by atoms with van der Waals surface area (Å²) in [4.78, 5) is 8.11. The first-order valence-corrected chi connectivity index (χ1v) is 6.97. The maximum atomic E-state index is 4.66. The van der Waals surface area contributed by atoms with E-state index in [0.29, 0.717) is 0 Å². The first-order chi connectivity index (χ1) is 8.81. The molecule has 2 aromatic rings. The molecule has 3 rings (SSSR count). The van der Waals surface area contributed by atoms with E-state index in [1.165, 1.54) is 43.4 Å². The van der Waals surface area contributed by atoms with E-state index in [4.69, 9.17) is 0 Å². The number of aryl methyl sites for hydroxylation is 2. The maximum Gasteiger partial charge on any atom is 0.107 e. The molecule has 1 unspecified atom stereocenters. The van der Waals surface area contributed by atoms with Crippen LogP contribution in [0.2, 0.25) is 0 Å². The normalized spacial score (nSPS) is 20.4. The summed E-state index contributed by atoms with van der Waals surface area (Å²) < 4.78 is 0. The van der Waals surface area contributed by atoms with Crippen molar-refractivity contribution >= 4 is 11.0 Å². The van der Waals surface area contributed by atoms with Crippen LogP contribution in [0.15, 0.2) is 18.2 Å². The van der Waals surface area contributed by atoms with Gasteiger partial charge in [0.1, 0.15) is 5.82 Å². The third-order valence-electron chi connectivity index (χ3n) is 3.87. The van der Waals surface area contributed by atoms with Crippen LogP contribution in [0.4, 0.5) is 0 Å². The highest BCUT2D eigenvalue weighted by atomic mass is 14.9. The molecule has 96 valence electrons. The van der Waals surface area contributed by atoms with Gasteiger partial charge in [-0.15, -0.1) is 0 Å². The fourth-order valence-corrected chi connectivity index (χ4v) is 2.81. The van der Waals surface area contributed by atoms with Gasteiger partial charge in [-0.25, -0.2) is 4.98 Å². The highest BCUT2D eigenvalue weighted by molar-refractivity contribution is 5.75. The van der Waals surface area contributed by atoms with Crippen LogP contribution in [0.3, 0.4) is 0 Å². The fraction of sp³-hybridized carbons (Fsp3) is 0.533. The maximum absolute atomic E-state index is 4.66. The number of aromatic amines is 1. The largest absolute Gasteiger partial charge is 0.342 e. The summed E-state index contributed by atoms with van der Waals surface area (Å²) in [5, 5.41) is 3.47. The number of aromatic nitrogens is 2. The predicted molar refractivity (Wildman–Crippen MR) is 74.7 cm³/mol. The van der Waals surface area contributed by atoms with E-state index in [1.54, 1.807) is 0 Å². The third-order valence-corrected chi connectivity index (χ3v) is 3.87. The Bertz CT molecular complexity index is 524. The number of hydrogen-bond donors (Lipinski definition) is 2. The molecule has 2 N–H and O–H groups in total. The lowest BCUT2D eigenvalue weighted by Gasteiger charge is -2.22. The Morgan fingerprint density at radius 1 is 1.39 bits per heavy atom. The van der Waals surface area contributed by atoms with Crippen LogP contribution in [0.25, 0.3) is 11.0 Å². The van der Waals surface area contributed by atoms with Crippen molar-refractivity contribution in [1.29, 1.82) is 0 Å². The van der Waals surface area contributed by atoms with Crippen LogP contribution in [0.5, 0.6) is 0 Å². The number of rotatable bonds is 3. The van der Waals surface area contributed by atoms with E-state index in [0.717, 1.165) is 23.7 Å². The van der Waals surface area contributed by atoms with Crippen LogP contribution < -0.4 is 5.32 Å². The van der Waals surface area contributed by atoms with Crippen molar-refractivity contribution in [2.45, 2.75) is 32.6 Å². The minimum Gasteiger partial charge on any atom is -0.342 e. The summed E-state index contributed by atoms with van der Waals surface area (Å²) >= 11 is 0. The van der Waals surface area contributed by atoms with E-state index >= 15 is 0 Å². The van der Waals surface area contributed by atoms with Gasteiger partial charge in [-0.2, -0.15) is 0 Å². The van der Waals surface area contributed by atoms with Crippen molar-refractivity contribution < 1.29 is 0 Å². The van der Waals surface area contributed by atoms with Gasteiger partial charge >= 0.3 is 0 Å². The molecule has 0 radical (unpaired) electrons. The number of fused-ring (bicyclic) bond motifs is 1. The Kier molecular flexibility index (Phi) is 3.33. The summed E-state index contributed by atoms with van der Waals surface area (Å²) in [6, 6.07) is 6.40. The number of nitrogens with zero attached hydrogens (tertiary/aromatic N) is 1. The molecule has 0 amide bonds. The topological polar surface area (TPSA) is 40.7 Å². The van der Waals surface area contributed by atoms with Crippen molar-refractivity contribution in [1.82, 2.24) is 15.3 Å². The number of H-pyrrole nitrogens is 1. The van der Waals surface area contributed by atoms with E-state index in [-0.39, 0.29) is 0 Å². The monoisotopic (exact) mass is 243 g/mol. The van der Waals surface area contributed by atoms with Gasteiger partial charge in [-0.1, -0.05) is 6.07 Å². The molecule has 1 fully saturated rings. The molecular formula is C15H21N3. The van der Waals surface area contributed by atoms with Gasteiger partial charge in [-0.05, 0) is 62.9 Å². The van der Waals surface area contributed by atoms with Gasteiger partial charge < -0.3 is 10.3 Å². The number of hydrogen-bond acceptors (Lipinski definition) is 2. The van der Waals surface area contributed by atoms with Crippen molar-refractivity contribution in [2.24, 2.45) is 5.92 Å². The summed E-state index contributed by atoms with van der Waals surface area (Å²) in [6.45, 7) is 4.49. The second-order valence-electron chi connectivity index (χ2n) is 5.46. The van der Waals surface area contributed by atoms with Gasteiger partial charge in [0.05, 0.1) is 11.0 Å². The van der Waals surface area contributed by atoms with Gasteiger partial charge in [0.15, 0.2) is 0 Å². The van der Waals surface area contributed by atoms with Gasteiger partial charge in [-0.3, -0.25) is 0 Å². The van der Waals surface area contributed by atoms with Crippen LogP contribution in [0, 0.1) is 12.8 Å². The number of benzene rings is 1. The van der Waals surface area contributed by atoms with Crippen LogP contribution >= 0.6 is 0 Å². The van der Waals surface area contributed by atoms with Gasteiger partial charge in [0.2, 0.25) is 0 Å². The summed E-state index contributed by atoms with van der Waals surface area (Å²) in [6.07, 6.45) is 5.00. The SMILES string of the molecule is Cc1ccc2nc(CCC3CCCNC3)[nH]c2c1. The number of nitrogens with one attached hydrogen (secondary N) is 2. The van der Waals surface area contributed by atoms with Crippen LogP contribution in [-0.2, 0) is 6.42 Å². The third kappa shape index (κ3) is 2.56. The Labute approximate surface area is 108 Å².